The number of unbranched alkanes of at least 4 members (excludes halogenated alkanes) is 29. The number of rotatable bonds is 83. The molecule has 0 spiro atoms. The van der Waals surface area contributed by atoms with E-state index in [0.29, 0.717) is 73.5 Å². The molecule has 0 rings (SSSR count). The van der Waals surface area contributed by atoms with Crippen molar-refractivity contribution in [2.45, 2.75) is 402 Å². The molecular weight excluding hydrogens is 1340 g/mol. The Morgan fingerprint density at radius 1 is 0.240 bits per heavy atom. The van der Waals surface area contributed by atoms with Gasteiger partial charge in [-0.25, -0.2) is 9.13 Å². The number of phosphoric acid groups is 2. The van der Waals surface area contributed by atoms with Crippen LogP contribution >= 0.6 is 15.6 Å². The van der Waals surface area contributed by atoms with Crippen LogP contribution in [0.15, 0.2) is 0 Å². The average molecular weight is 1520 g/mol. The quantitative estimate of drug-likeness (QED) is 0.0339. The second-order valence-corrected chi connectivity index (χ2v) is 39.5. The molecular formula is C88H184N2O12P2+2. The van der Waals surface area contributed by atoms with Crippen molar-refractivity contribution in [2.24, 2.45) is 47.3 Å². The smallest absolute Gasteiger partial charge is 0.379 e. The second-order valence-electron chi connectivity index (χ2n) is 36.5. The van der Waals surface area contributed by atoms with Crippen molar-refractivity contribution in [1.82, 2.24) is 0 Å². The summed E-state index contributed by atoms with van der Waals surface area (Å²) in [4.78, 5) is 20.8. The van der Waals surface area contributed by atoms with Crippen LogP contribution in [0.5, 0.6) is 0 Å². The molecule has 16 heteroatoms. The third-order valence-electron chi connectivity index (χ3n) is 21.8. The van der Waals surface area contributed by atoms with E-state index in [0.717, 1.165) is 74.0 Å². The van der Waals surface area contributed by atoms with Crippen molar-refractivity contribution in [3.63, 3.8) is 0 Å². The van der Waals surface area contributed by atoms with Gasteiger partial charge in [0.15, 0.2) is 0 Å². The summed E-state index contributed by atoms with van der Waals surface area (Å²) in [6, 6.07) is 0. The van der Waals surface area contributed by atoms with Crippen LogP contribution in [0.1, 0.15) is 390 Å². The van der Waals surface area contributed by atoms with Crippen molar-refractivity contribution >= 4 is 15.6 Å². The fourth-order valence-electron chi connectivity index (χ4n) is 14.1. The predicted octanol–water partition coefficient (Wildman–Crippen LogP) is 26.1. The number of likely N-dealkylation sites (N-methyl/N-ethyl adjacent to an activating group) is 2. The van der Waals surface area contributed by atoms with Crippen LogP contribution in [-0.4, -0.2) is 152 Å². The van der Waals surface area contributed by atoms with Crippen LogP contribution < -0.4 is 0 Å². The molecule has 0 aliphatic heterocycles. The molecule has 0 saturated carbocycles. The van der Waals surface area contributed by atoms with E-state index < -0.39 is 27.9 Å². The Hall–Kier alpha value is -0.0200. The summed E-state index contributed by atoms with van der Waals surface area (Å²) in [6.07, 6.45) is 64.9. The topological polar surface area (TPSA) is 148 Å². The number of ether oxygens (including phenoxy) is 4. The van der Waals surface area contributed by atoms with Crippen LogP contribution in [0.25, 0.3) is 0 Å². The summed E-state index contributed by atoms with van der Waals surface area (Å²) >= 11 is 0. The fourth-order valence-corrected chi connectivity index (χ4v) is 15.6. The van der Waals surface area contributed by atoms with E-state index in [1.165, 1.54) is 283 Å². The van der Waals surface area contributed by atoms with Crippen molar-refractivity contribution in [1.29, 1.82) is 0 Å². The fraction of sp³-hybridized carbons (Fsp3) is 1.00. The van der Waals surface area contributed by atoms with Gasteiger partial charge in [-0.3, -0.25) is 18.1 Å². The maximum Gasteiger partial charge on any atom is 0.472 e. The third kappa shape index (κ3) is 78.7. The molecule has 0 aliphatic rings. The van der Waals surface area contributed by atoms with Crippen LogP contribution in [0, 0.1) is 47.3 Å². The van der Waals surface area contributed by atoms with E-state index in [2.05, 4.69) is 69.2 Å². The van der Waals surface area contributed by atoms with Crippen molar-refractivity contribution < 1.29 is 64.9 Å². The molecule has 0 saturated heterocycles. The molecule has 0 fully saturated rings. The van der Waals surface area contributed by atoms with Crippen molar-refractivity contribution in [3.05, 3.63) is 0 Å². The summed E-state index contributed by atoms with van der Waals surface area (Å²) in [7, 11) is 3.78. The summed E-state index contributed by atoms with van der Waals surface area (Å²) in [5.74, 6) is 6.15. The Morgan fingerprint density at radius 2 is 0.442 bits per heavy atom. The average Bonchev–Trinajstić information content (AvgIpc) is 0.916. The second kappa shape index (κ2) is 69.7. The van der Waals surface area contributed by atoms with Crippen LogP contribution in [0.3, 0.4) is 0 Å². The molecule has 0 heterocycles. The van der Waals surface area contributed by atoms with Crippen molar-refractivity contribution in [2.75, 3.05) is 121 Å². The first-order chi connectivity index (χ1) is 49.6. The number of hydrogen-bond acceptors (Lipinski definition) is 10. The minimum atomic E-state index is -4.18. The number of nitrogens with zero attached hydrogens (tertiary/aromatic N) is 2. The van der Waals surface area contributed by atoms with Gasteiger partial charge in [-0.15, -0.1) is 0 Å². The van der Waals surface area contributed by atoms with Gasteiger partial charge in [0.1, 0.15) is 38.5 Å². The summed E-state index contributed by atoms with van der Waals surface area (Å²) < 4.78 is 72.9. The maximum absolute atomic E-state index is 12.7. The minimum absolute atomic E-state index is 0.0238. The third-order valence-corrected chi connectivity index (χ3v) is 23.7. The number of hydrogen-bond donors (Lipinski definition) is 2. The Kier molecular flexibility index (Phi) is 69.7. The molecule has 2 N–H and O–H groups in total. The van der Waals surface area contributed by atoms with Gasteiger partial charge in [0.25, 0.3) is 0 Å². The van der Waals surface area contributed by atoms with Crippen LogP contribution in [-0.2, 0) is 46.2 Å². The molecule has 0 aromatic heterocycles. The largest absolute Gasteiger partial charge is 0.472 e. The highest BCUT2D eigenvalue weighted by Crippen LogP contribution is 2.44. The molecule has 14 nitrogen and oxygen atoms in total. The lowest BCUT2D eigenvalue weighted by atomic mass is 9.91. The Bertz CT molecular complexity index is 1770. The van der Waals surface area contributed by atoms with Gasteiger partial charge in [0, 0.05) is 26.4 Å². The lowest BCUT2D eigenvalue weighted by Crippen LogP contribution is -2.37. The first-order valence-electron chi connectivity index (χ1n) is 44.8. The predicted molar refractivity (Wildman–Crippen MR) is 446 cm³/mol. The van der Waals surface area contributed by atoms with E-state index in [9.17, 15) is 18.9 Å². The standard InChI is InChI=1S/C88H182N2O12P2/c1-79(2)53-47-55-81(5)57-49-59-83(7)61-51-63-85(9)65-71-95-75-87(77-101-103(91,92)99-73-67-89(11,12)13)97-69-45-43-41-39-37-35-33-31-29-27-25-23-21-19-17-18-20-22-24-26-28-30-32-34-36-38-40-42-44-46-70-98-88(78-102-104(93,94)100-74-68-90(14,15)16)76-96-72-66-86(10)64-52-62-84(8)60-50-58-82(6)56-48-54-80(3)4/h79-88H,17-78H2,1-16H3/p+2/t81-,82-,83-,84-,85?,86?,87?,88?/m1/s1. The molecule has 0 aliphatic carbocycles. The first kappa shape index (κ1) is 104. The van der Waals surface area contributed by atoms with Gasteiger partial charge >= 0.3 is 15.6 Å². The summed E-state index contributed by atoms with van der Waals surface area (Å²) in [5, 5.41) is 0. The molecule has 10 atom stereocenters. The number of quaternary nitrogens is 2. The van der Waals surface area contributed by atoms with E-state index in [4.69, 9.17) is 37.0 Å². The van der Waals surface area contributed by atoms with E-state index in [-0.39, 0.29) is 26.4 Å². The van der Waals surface area contributed by atoms with Gasteiger partial charge in [-0.1, -0.05) is 365 Å². The monoisotopic (exact) mass is 1520 g/mol. The van der Waals surface area contributed by atoms with Gasteiger partial charge in [0.05, 0.1) is 68.7 Å². The maximum atomic E-state index is 12.7. The Balaban J connectivity index is 4.07. The molecule has 0 bridgehead atoms. The van der Waals surface area contributed by atoms with Gasteiger partial charge in [0.2, 0.25) is 0 Å². The van der Waals surface area contributed by atoms with E-state index in [1.54, 1.807) is 0 Å². The zero-order valence-electron chi connectivity index (χ0n) is 72.4. The molecule has 0 radical (unpaired) electrons. The molecule has 104 heavy (non-hydrogen) atoms. The summed E-state index contributed by atoms with van der Waals surface area (Å²) in [5.41, 5.74) is 0. The Morgan fingerprint density at radius 3 is 0.654 bits per heavy atom. The van der Waals surface area contributed by atoms with Gasteiger partial charge in [-0.2, -0.15) is 0 Å². The SMILES string of the molecule is CC(C)CCC[C@@H](C)CCC[C@@H](C)CCCC(C)CCOCC(COP(=O)(O)OCC[N+](C)(C)C)OCCCCCCCCCCCCCCCCCCCCCCCCCCCCCCCCOC(COCCC(C)CCC[C@H](C)CCC[C@H](C)CCCC(C)C)COP(=O)(O)OCC[N+](C)(C)C. The highest BCUT2D eigenvalue weighted by molar-refractivity contribution is 7.47. The lowest BCUT2D eigenvalue weighted by molar-refractivity contribution is -0.870. The highest BCUT2D eigenvalue weighted by Gasteiger charge is 2.27. The summed E-state index contributed by atoms with van der Waals surface area (Å²) in [6.45, 7) is 28.4. The van der Waals surface area contributed by atoms with Crippen LogP contribution in [0.4, 0.5) is 0 Å². The lowest BCUT2D eigenvalue weighted by Gasteiger charge is -2.24. The van der Waals surface area contributed by atoms with Crippen LogP contribution in [0.2, 0.25) is 0 Å². The van der Waals surface area contributed by atoms with E-state index >= 15 is 0 Å². The zero-order valence-corrected chi connectivity index (χ0v) is 74.2. The normalized spacial score (nSPS) is 16.1. The molecule has 0 aromatic carbocycles. The molecule has 0 amide bonds. The Labute approximate surface area is 648 Å². The van der Waals surface area contributed by atoms with Gasteiger partial charge < -0.3 is 37.7 Å². The molecule has 0 aromatic rings. The number of phosphoric ester groups is 2. The minimum Gasteiger partial charge on any atom is -0.379 e. The first-order valence-corrected chi connectivity index (χ1v) is 47.8. The van der Waals surface area contributed by atoms with E-state index in [1.807, 2.05) is 42.3 Å². The molecule has 6 unspecified atom stereocenters. The molecule has 626 valence electrons. The van der Waals surface area contributed by atoms with Crippen molar-refractivity contribution in [3.8, 4) is 0 Å². The zero-order chi connectivity index (χ0) is 77.3. The highest BCUT2D eigenvalue weighted by atomic mass is 31.2. The van der Waals surface area contributed by atoms with Gasteiger partial charge in [-0.05, 0) is 73.0 Å².